The Bertz CT molecular complexity index is 1260. The lowest BCUT2D eigenvalue weighted by Crippen LogP contribution is -2.36. The van der Waals surface area contributed by atoms with Gasteiger partial charge in [-0.1, -0.05) is 6.92 Å². The summed E-state index contributed by atoms with van der Waals surface area (Å²) in [7, 11) is -19.3. The molecule has 216 valence electrons. The van der Waals surface area contributed by atoms with Crippen molar-refractivity contribution < 1.29 is 69.9 Å². The molecular weight excluding hydrogens is 600 g/mol. The summed E-state index contributed by atoms with van der Waals surface area (Å²) in [6.45, 7) is 0.961. The smallest absolute Gasteiger partial charge is 0.397 e. The average Bonchev–Trinajstić information content (AvgIpc) is 3.28. The number of phosphoric ester groups is 1. The second kappa shape index (κ2) is 12.2. The fraction of sp³-hybridized carbons (Fsp3) is 0.600. The fourth-order valence-electron chi connectivity index (χ4n) is 3.76. The average molecular weight is 626 g/mol. The van der Waals surface area contributed by atoms with Crippen molar-refractivity contribution in [2.75, 3.05) is 13.7 Å². The highest BCUT2D eigenvalue weighted by atomic mass is 31.3. The fourth-order valence-corrected chi connectivity index (χ4v) is 7.31. The van der Waals surface area contributed by atoms with Gasteiger partial charge in [0.25, 0.3) is 0 Å². The van der Waals surface area contributed by atoms with Crippen LogP contribution in [-0.2, 0) is 45.4 Å². The number of hydrogen-bond donors (Lipinski definition) is 6. The maximum absolute atomic E-state index is 12.1. The second-order valence-corrected chi connectivity index (χ2v) is 12.9. The lowest BCUT2D eigenvalue weighted by molar-refractivity contribution is -0.0587. The van der Waals surface area contributed by atoms with Gasteiger partial charge in [0, 0.05) is 19.7 Å². The van der Waals surface area contributed by atoms with Crippen molar-refractivity contribution in [2.24, 2.45) is 10.7 Å². The summed E-state index contributed by atoms with van der Waals surface area (Å²) in [5, 5.41) is 0. The Morgan fingerprint density at radius 2 is 1.87 bits per heavy atom. The SMILES string of the molecule is CCC1=C(N)c2ncn([C@@H]3OC(COP(=O)(O)OP(=O)(O)OP(=O)(O)O)[C@@H](O[PH](=O)O)[C@H]3OC)c2N=CC1. The van der Waals surface area contributed by atoms with Crippen molar-refractivity contribution in [1.82, 2.24) is 9.55 Å². The van der Waals surface area contributed by atoms with E-state index in [1.807, 2.05) is 6.92 Å². The van der Waals surface area contributed by atoms with E-state index in [1.54, 1.807) is 6.21 Å². The van der Waals surface area contributed by atoms with Gasteiger partial charge in [0.05, 0.1) is 18.6 Å². The molecule has 38 heavy (non-hydrogen) atoms. The van der Waals surface area contributed by atoms with E-state index in [1.165, 1.54) is 18.0 Å². The Morgan fingerprint density at radius 1 is 1.18 bits per heavy atom. The maximum atomic E-state index is 12.1. The highest BCUT2D eigenvalue weighted by molar-refractivity contribution is 7.66. The van der Waals surface area contributed by atoms with Gasteiger partial charge in [-0.2, -0.15) is 8.62 Å². The number of imidazole rings is 1. The van der Waals surface area contributed by atoms with Crippen LogP contribution < -0.4 is 5.73 Å². The standard InChI is InChI=1S/C15H26N4O15P4/c1-3-8-4-5-17-14-11(10(8)16)18-7-19(14)15-13(29-2)12(32-35(20)21)9(31-15)6-30-37(25,26)34-38(27,28)33-36(22,23)24/h5,7,9,12-13,15,35H,3-4,6,16H2,1-2H3,(H,20,21)(H,25,26)(H,27,28)(H2,22,23,24)/t9?,12-,13-,15-/m1/s1. The summed E-state index contributed by atoms with van der Waals surface area (Å²) in [6, 6.07) is 0. The molecule has 0 aromatic carbocycles. The highest BCUT2D eigenvalue weighted by Gasteiger charge is 2.50. The minimum absolute atomic E-state index is 0.266. The van der Waals surface area contributed by atoms with Crippen LogP contribution in [-0.4, -0.2) is 72.3 Å². The topological polar surface area (TPSA) is 281 Å². The van der Waals surface area contributed by atoms with Crippen LogP contribution in [0.15, 0.2) is 16.9 Å². The van der Waals surface area contributed by atoms with E-state index in [-0.39, 0.29) is 5.82 Å². The molecule has 3 rings (SSSR count). The molecule has 2 aliphatic heterocycles. The van der Waals surface area contributed by atoms with E-state index in [0.717, 1.165) is 5.57 Å². The minimum atomic E-state index is -5.76. The zero-order valence-electron chi connectivity index (χ0n) is 19.7. The molecule has 0 spiro atoms. The van der Waals surface area contributed by atoms with Crippen molar-refractivity contribution in [3.05, 3.63) is 17.6 Å². The third kappa shape index (κ3) is 7.76. The Balaban J connectivity index is 1.86. The first-order chi connectivity index (χ1) is 17.6. The van der Waals surface area contributed by atoms with Gasteiger partial charge in [-0.15, -0.1) is 0 Å². The van der Waals surface area contributed by atoms with E-state index in [2.05, 4.69) is 23.1 Å². The predicted molar refractivity (Wildman–Crippen MR) is 127 cm³/mol. The van der Waals surface area contributed by atoms with Crippen molar-refractivity contribution in [3.63, 3.8) is 0 Å². The molecule has 23 heteroatoms. The lowest BCUT2D eigenvalue weighted by atomic mass is 10.1. The van der Waals surface area contributed by atoms with Crippen LogP contribution in [0.5, 0.6) is 0 Å². The first-order valence-electron chi connectivity index (χ1n) is 10.5. The number of methoxy groups -OCH3 is 1. The summed E-state index contributed by atoms with van der Waals surface area (Å²) in [5.41, 5.74) is 7.89. The third-order valence-electron chi connectivity index (χ3n) is 5.27. The summed E-state index contributed by atoms with van der Waals surface area (Å²) in [6.07, 6.45) is -1.06. The number of allylic oxidation sites excluding steroid dienone is 1. The highest BCUT2D eigenvalue weighted by Crippen LogP contribution is 2.66. The van der Waals surface area contributed by atoms with Gasteiger partial charge < -0.3 is 44.2 Å². The Kier molecular flexibility index (Phi) is 10.1. The molecule has 0 saturated carbocycles. The zero-order chi connectivity index (χ0) is 28.5. The van der Waals surface area contributed by atoms with Gasteiger partial charge >= 0.3 is 31.7 Å². The molecule has 0 bridgehead atoms. The molecular formula is C15H26N4O15P4. The van der Waals surface area contributed by atoms with Crippen LogP contribution in [0, 0.1) is 0 Å². The molecule has 1 fully saturated rings. The summed E-state index contributed by atoms with van der Waals surface area (Å²) in [4.78, 5) is 54.4. The van der Waals surface area contributed by atoms with Crippen molar-refractivity contribution >= 4 is 49.5 Å². The molecule has 1 aromatic rings. The van der Waals surface area contributed by atoms with Gasteiger partial charge in [-0.3, -0.25) is 13.7 Å². The van der Waals surface area contributed by atoms with Crippen molar-refractivity contribution in [1.29, 1.82) is 0 Å². The summed E-state index contributed by atoms with van der Waals surface area (Å²) < 4.78 is 75.7. The molecule has 1 aromatic heterocycles. The molecule has 19 nitrogen and oxygen atoms in total. The van der Waals surface area contributed by atoms with Crippen LogP contribution in [0.25, 0.3) is 5.70 Å². The molecule has 3 heterocycles. The van der Waals surface area contributed by atoms with Crippen LogP contribution in [0.4, 0.5) is 5.82 Å². The van der Waals surface area contributed by atoms with Crippen molar-refractivity contribution in [2.45, 2.75) is 44.3 Å². The summed E-state index contributed by atoms with van der Waals surface area (Å²) >= 11 is 0. The number of nitrogens with zero attached hydrogens (tertiary/aromatic N) is 3. The number of hydrogen-bond acceptors (Lipinski definition) is 13. The quantitative estimate of drug-likeness (QED) is 0.177. The molecule has 0 amide bonds. The lowest BCUT2D eigenvalue weighted by Gasteiger charge is -2.23. The zero-order valence-corrected chi connectivity index (χ0v) is 23.3. The number of phosphoric acid groups is 3. The largest absolute Gasteiger partial charge is 0.490 e. The van der Waals surface area contributed by atoms with Gasteiger partial charge in [-0.25, -0.2) is 23.7 Å². The van der Waals surface area contributed by atoms with Gasteiger partial charge in [0.1, 0.15) is 24.0 Å². The minimum Gasteiger partial charge on any atom is -0.397 e. The third-order valence-corrected chi connectivity index (χ3v) is 9.54. The van der Waals surface area contributed by atoms with E-state index in [9.17, 15) is 32.9 Å². The van der Waals surface area contributed by atoms with Crippen LogP contribution >= 0.6 is 31.7 Å². The van der Waals surface area contributed by atoms with Crippen LogP contribution in [0.1, 0.15) is 31.7 Å². The van der Waals surface area contributed by atoms with E-state index < -0.39 is 62.9 Å². The molecule has 0 radical (unpaired) electrons. The molecule has 7 N–H and O–H groups in total. The molecule has 0 aliphatic carbocycles. The number of aromatic nitrogens is 2. The first kappa shape index (κ1) is 31.4. The second-order valence-electron chi connectivity index (χ2n) is 7.71. The number of ether oxygens (including phenoxy) is 2. The van der Waals surface area contributed by atoms with Gasteiger partial charge in [-0.05, 0) is 12.0 Å². The Hall–Kier alpha value is -1.10. The Morgan fingerprint density at radius 3 is 2.45 bits per heavy atom. The molecule has 7 atom stereocenters. The number of nitrogens with two attached hydrogens (primary N) is 1. The molecule has 1 saturated heterocycles. The number of aliphatic imine (C=N–C) groups is 1. The molecule has 4 unspecified atom stereocenters. The van der Waals surface area contributed by atoms with E-state index >= 15 is 0 Å². The monoisotopic (exact) mass is 626 g/mol. The van der Waals surface area contributed by atoms with E-state index in [4.69, 9.17) is 29.5 Å². The number of rotatable bonds is 12. The van der Waals surface area contributed by atoms with Gasteiger partial charge in [0.15, 0.2) is 12.0 Å². The Labute approximate surface area is 215 Å². The van der Waals surface area contributed by atoms with Crippen LogP contribution in [0.2, 0.25) is 0 Å². The summed E-state index contributed by atoms with van der Waals surface area (Å²) in [5.74, 6) is 0.266. The molecule has 2 aliphatic rings. The van der Waals surface area contributed by atoms with Crippen LogP contribution in [0.3, 0.4) is 0 Å². The normalized spacial score (nSPS) is 28.0. The van der Waals surface area contributed by atoms with Crippen molar-refractivity contribution in [3.8, 4) is 0 Å². The predicted octanol–water partition coefficient (Wildman–Crippen LogP) is 1.09. The van der Waals surface area contributed by atoms with Gasteiger partial charge in [0.2, 0.25) is 0 Å². The van der Waals surface area contributed by atoms with E-state index in [0.29, 0.717) is 24.2 Å². The first-order valence-corrected chi connectivity index (χ1v) is 16.3. The number of fused-ring (bicyclic) bond motifs is 1. The maximum Gasteiger partial charge on any atom is 0.490 e.